The van der Waals surface area contributed by atoms with Crippen LogP contribution in [0.3, 0.4) is 0 Å². The fraction of sp³-hybridized carbons (Fsp3) is 0.500. The quantitative estimate of drug-likeness (QED) is 0.913. The van der Waals surface area contributed by atoms with Crippen LogP contribution in [0.4, 0.5) is 0 Å². The van der Waals surface area contributed by atoms with Crippen LogP contribution in [0.15, 0.2) is 18.2 Å². The molecule has 0 spiro atoms. The van der Waals surface area contributed by atoms with Gasteiger partial charge in [0.15, 0.2) is 0 Å². The molecule has 1 aromatic rings. The van der Waals surface area contributed by atoms with Crippen molar-refractivity contribution >= 4 is 17.5 Å². The molecule has 0 saturated heterocycles. The number of nitrogens with zero attached hydrogens (tertiary/aromatic N) is 1. The smallest absolute Gasteiger partial charge is 0.257 e. The van der Waals surface area contributed by atoms with E-state index in [1.54, 1.807) is 24.1 Å². The molecule has 0 atom stereocenters. The van der Waals surface area contributed by atoms with Gasteiger partial charge in [0.05, 0.1) is 5.56 Å². The number of aromatic hydroxyl groups is 1. The molecule has 1 fully saturated rings. The third-order valence-electron chi connectivity index (χ3n) is 3.54. The maximum absolute atomic E-state index is 12.2. The number of carbonyl (C=O) groups excluding carboxylic acids is 1. The molecule has 3 nitrogen and oxygen atoms in total. The normalized spacial score (nSPS) is 15.9. The minimum absolute atomic E-state index is 0.0502. The monoisotopic (exact) mass is 267 g/mol. The number of hydrogen-bond donors (Lipinski definition) is 1. The zero-order valence-electron chi connectivity index (χ0n) is 10.5. The van der Waals surface area contributed by atoms with Crippen LogP contribution in [0.5, 0.6) is 5.75 Å². The number of phenols is 1. The Bertz CT molecular complexity index is 441. The summed E-state index contributed by atoms with van der Waals surface area (Å²) in [6.07, 6.45) is 4.92. The first kappa shape index (κ1) is 13.2. The van der Waals surface area contributed by atoms with Gasteiger partial charge >= 0.3 is 0 Å². The number of rotatable bonds is 3. The lowest BCUT2D eigenvalue weighted by Gasteiger charge is -2.21. The fourth-order valence-corrected chi connectivity index (χ4v) is 2.72. The van der Waals surface area contributed by atoms with Gasteiger partial charge in [-0.05, 0) is 37.0 Å². The highest BCUT2D eigenvalue weighted by molar-refractivity contribution is 6.30. The molecular formula is C14H18ClNO2. The summed E-state index contributed by atoms with van der Waals surface area (Å²) in [7, 11) is 1.79. The Morgan fingerprint density at radius 3 is 2.72 bits per heavy atom. The molecule has 1 saturated carbocycles. The van der Waals surface area contributed by atoms with Gasteiger partial charge in [-0.1, -0.05) is 24.4 Å². The molecule has 0 bridgehead atoms. The molecule has 0 aliphatic heterocycles. The lowest BCUT2D eigenvalue weighted by atomic mass is 10.1. The zero-order valence-corrected chi connectivity index (χ0v) is 11.3. The van der Waals surface area contributed by atoms with Crippen molar-refractivity contribution in [1.29, 1.82) is 0 Å². The average Bonchev–Trinajstić information content (AvgIpc) is 2.81. The van der Waals surface area contributed by atoms with E-state index in [1.165, 1.54) is 31.7 Å². The van der Waals surface area contributed by atoms with Gasteiger partial charge in [0.25, 0.3) is 5.91 Å². The first-order valence-electron chi connectivity index (χ1n) is 6.32. The van der Waals surface area contributed by atoms with Gasteiger partial charge in [-0.15, -0.1) is 0 Å². The molecule has 0 unspecified atom stereocenters. The topological polar surface area (TPSA) is 40.5 Å². The van der Waals surface area contributed by atoms with Crippen LogP contribution in [0.2, 0.25) is 5.02 Å². The van der Waals surface area contributed by atoms with E-state index >= 15 is 0 Å². The van der Waals surface area contributed by atoms with Gasteiger partial charge in [-0.3, -0.25) is 4.79 Å². The second-order valence-electron chi connectivity index (χ2n) is 5.00. The number of benzene rings is 1. The lowest BCUT2D eigenvalue weighted by Crippen LogP contribution is -2.31. The van der Waals surface area contributed by atoms with Gasteiger partial charge in [0.1, 0.15) is 5.75 Å². The van der Waals surface area contributed by atoms with Crippen LogP contribution in [0, 0.1) is 5.92 Å². The predicted molar refractivity (Wildman–Crippen MR) is 72.0 cm³/mol. The summed E-state index contributed by atoms with van der Waals surface area (Å²) in [6.45, 7) is 0.765. The Hall–Kier alpha value is -1.22. The second-order valence-corrected chi connectivity index (χ2v) is 5.43. The Morgan fingerprint density at radius 1 is 1.44 bits per heavy atom. The molecule has 0 aromatic heterocycles. The third kappa shape index (κ3) is 2.96. The maximum atomic E-state index is 12.2. The second kappa shape index (κ2) is 5.61. The van der Waals surface area contributed by atoms with Gasteiger partial charge in [0.2, 0.25) is 0 Å². The number of hydrogen-bond acceptors (Lipinski definition) is 2. The van der Waals surface area contributed by atoms with Crippen LogP contribution in [0.1, 0.15) is 36.0 Å². The van der Waals surface area contributed by atoms with Crippen molar-refractivity contribution in [1.82, 2.24) is 4.90 Å². The Labute approximate surface area is 112 Å². The zero-order chi connectivity index (χ0) is 13.1. The maximum Gasteiger partial charge on any atom is 0.257 e. The molecule has 1 aliphatic carbocycles. The average molecular weight is 268 g/mol. The molecule has 0 heterocycles. The molecule has 1 aliphatic rings. The summed E-state index contributed by atoms with van der Waals surface area (Å²) in [5, 5.41) is 10.2. The number of phenolic OH excluding ortho intramolecular Hbond substituents is 1. The highest BCUT2D eigenvalue weighted by atomic mass is 35.5. The SMILES string of the molecule is CN(CC1CCCC1)C(=O)c1ccc(Cl)cc1O. The predicted octanol–water partition coefficient (Wildman–Crippen LogP) is 3.31. The van der Waals surface area contributed by atoms with Crippen molar-refractivity contribution < 1.29 is 9.90 Å². The van der Waals surface area contributed by atoms with E-state index in [1.807, 2.05) is 0 Å². The lowest BCUT2D eigenvalue weighted by molar-refractivity contribution is 0.0770. The Kier molecular flexibility index (Phi) is 4.12. The van der Waals surface area contributed by atoms with Crippen molar-refractivity contribution in [2.24, 2.45) is 5.92 Å². The van der Waals surface area contributed by atoms with E-state index in [-0.39, 0.29) is 11.7 Å². The van der Waals surface area contributed by atoms with Gasteiger partial charge < -0.3 is 10.0 Å². The molecule has 0 radical (unpaired) electrons. The summed E-state index contributed by atoms with van der Waals surface area (Å²) < 4.78 is 0. The fourth-order valence-electron chi connectivity index (χ4n) is 2.55. The number of halogens is 1. The Balaban J connectivity index is 2.05. The first-order chi connectivity index (χ1) is 8.58. The minimum Gasteiger partial charge on any atom is -0.507 e. The van der Waals surface area contributed by atoms with Crippen molar-refractivity contribution in [2.75, 3.05) is 13.6 Å². The summed E-state index contributed by atoms with van der Waals surface area (Å²) in [5.41, 5.74) is 0.319. The highest BCUT2D eigenvalue weighted by Crippen LogP contribution is 2.27. The van der Waals surface area contributed by atoms with Gasteiger partial charge in [-0.25, -0.2) is 0 Å². The third-order valence-corrected chi connectivity index (χ3v) is 3.78. The van der Waals surface area contributed by atoms with E-state index in [0.717, 1.165) is 6.54 Å². The number of carbonyl (C=O) groups is 1. The Morgan fingerprint density at radius 2 is 2.11 bits per heavy atom. The number of amides is 1. The van der Waals surface area contributed by atoms with Crippen LogP contribution in [-0.4, -0.2) is 29.5 Å². The largest absolute Gasteiger partial charge is 0.507 e. The summed E-state index contributed by atoms with van der Waals surface area (Å²) >= 11 is 5.75. The van der Waals surface area contributed by atoms with Crippen LogP contribution in [0.25, 0.3) is 0 Å². The van der Waals surface area contributed by atoms with Crippen molar-refractivity contribution in [3.05, 3.63) is 28.8 Å². The van der Waals surface area contributed by atoms with Gasteiger partial charge in [-0.2, -0.15) is 0 Å². The molecular weight excluding hydrogens is 250 g/mol. The van der Waals surface area contributed by atoms with E-state index < -0.39 is 0 Å². The summed E-state index contributed by atoms with van der Waals surface area (Å²) in [4.78, 5) is 13.9. The van der Waals surface area contributed by atoms with Crippen molar-refractivity contribution in [3.8, 4) is 5.75 Å². The van der Waals surface area contributed by atoms with Crippen molar-refractivity contribution in [3.63, 3.8) is 0 Å². The van der Waals surface area contributed by atoms with Crippen LogP contribution >= 0.6 is 11.6 Å². The highest BCUT2D eigenvalue weighted by Gasteiger charge is 2.21. The van der Waals surface area contributed by atoms with E-state index in [2.05, 4.69) is 0 Å². The minimum atomic E-state index is -0.143. The molecule has 4 heteroatoms. The standard InChI is InChI=1S/C14H18ClNO2/c1-16(9-10-4-2-3-5-10)14(18)12-7-6-11(15)8-13(12)17/h6-8,10,17H,2-5,9H2,1H3. The first-order valence-corrected chi connectivity index (χ1v) is 6.69. The van der Waals surface area contributed by atoms with E-state index in [4.69, 9.17) is 11.6 Å². The van der Waals surface area contributed by atoms with E-state index in [9.17, 15) is 9.90 Å². The van der Waals surface area contributed by atoms with Crippen LogP contribution in [-0.2, 0) is 0 Å². The summed E-state index contributed by atoms with van der Waals surface area (Å²) in [6, 6.07) is 4.60. The molecule has 1 aromatic carbocycles. The molecule has 18 heavy (non-hydrogen) atoms. The molecule has 1 amide bonds. The molecule has 2 rings (SSSR count). The van der Waals surface area contributed by atoms with E-state index in [0.29, 0.717) is 16.5 Å². The molecule has 1 N–H and O–H groups in total. The van der Waals surface area contributed by atoms with Gasteiger partial charge in [0, 0.05) is 18.6 Å². The summed E-state index contributed by atoms with van der Waals surface area (Å²) in [5.74, 6) is 0.412. The van der Waals surface area contributed by atoms with Crippen molar-refractivity contribution in [2.45, 2.75) is 25.7 Å². The molecule has 98 valence electrons. The van der Waals surface area contributed by atoms with Crippen LogP contribution < -0.4 is 0 Å².